The number of hydrogen-bond donors (Lipinski definition) is 0. The maximum absolute atomic E-state index is 8.07. The predicted octanol–water partition coefficient (Wildman–Crippen LogP) is 3.96. The zero-order valence-corrected chi connectivity index (χ0v) is 15.6. The van der Waals surface area contributed by atoms with Gasteiger partial charge in [0.1, 0.15) is 12.0 Å². The number of aromatic nitrogens is 4. The third-order valence-corrected chi connectivity index (χ3v) is 5.77. The fourth-order valence-corrected chi connectivity index (χ4v) is 4.51. The molecule has 138 valence electrons. The summed E-state index contributed by atoms with van der Waals surface area (Å²) in [5.41, 5.74) is 6.30. The lowest BCUT2D eigenvalue weighted by atomic mass is 10.0. The van der Waals surface area contributed by atoms with Crippen LogP contribution in [0.1, 0.15) is 28.0 Å². The molecule has 4 heterocycles. The largest absolute Gasteiger partial charge is 0.336 e. The molecular formula is C22H20N6. The lowest BCUT2D eigenvalue weighted by Gasteiger charge is -2.29. The summed E-state index contributed by atoms with van der Waals surface area (Å²) in [6.45, 7) is 1.61. The number of rotatable bonds is 1. The second-order valence-electron chi connectivity index (χ2n) is 7.33. The summed E-state index contributed by atoms with van der Waals surface area (Å²) in [7, 11) is 0. The van der Waals surface area contributed by atoms with Crippen LogP contribution < -0.4 is 9.80 Å². The Morgan fingerprint density at radius 3 is 2.75 bits per heavy atom. The van der Waals surface area contributed by atoms with Gasteiger partial charge in [0.15, 0.2) is 11.6 Å². The summed E-state index contributed by atoms with van der Waals surface area (Å²) in [4.78, 5) is 17.1. The highest BCUT2D eigenvalue weighted by Gasteiger charge is 2.37. The zero-order valence-electron chi connectivity index (χ0n) is 18.6. The number of imidazole rings is 1. The molecule has 2 aliphatic heterocycles. The van der Waals surface area contributed by atoms with Crippen LogP contribution in [0.4, 0.5) is 17.3 Å². The minimum absolute atomic E-state index is 0.383. The summed E-state index contributed by atoms with van der Waals surface area (Å²) >= 11 is 0. The predicted molar refractivity (Wildman–Crippen MR) is 111 cm³/mol. The maximum atomic E-state index is 8.07. The van der Waals surface area contributed by atoms with Gasteiger partial charge in [0.25, 0.3) is 0 Å². The molecule has 2 aromatic heterocycles. The monoisotopic (exact) mass is 371 g/mol. The van der Waals surface area contributed by atoms with E-state index in [-0.39, 0.29) is 0 Å². The smallest absolute Gasteiger partial charge is 0.178 e. The van der Waals surface area contributed by atoms with E-state index in [1.807, 2.05) is 30.0 Å². The van der Waals surface area contributed by atoms with Crippen LogP contribution in [0, 0.1) is 6.92 Å². The van der Waals surface area contributed by atoms with Crippen LogP contribution in [-0.2, 0) is 6.42 Å². The van der Waals surface area contributed by atoms with Crippen LogP contribution in [0.2, 0.25) is 0 Å². The van der Waals surface area contributed by atoms with Crippen molar-refractivity contribution in [3.05, 3.63) is 65.7 Å². The number of fused-ring (bicyclic) bond motifs is 6. The maximum Gasteiger partial charge on any atom is 0.178 e. The molecule has 0 spiro atoms. The third kappa shape index (κ3) is 1.84. The lowest BCUT2D eigenvalue weighted by Crippen LogP contribution is -2.36. The van der Waals surface area contributed by atoms with Gasteiger partial charge in [-0.25, -0.2) is 15.0 Å². The van der Waals surface area contributed by atoms with Gasteiger partial charge in [-0.15, -0.1) is 0 Å². The first-order valence-electron chi connectivity index (χ1n) is 10.8. The van der Waals surface area contributed by atoms with Crippen molar-refractivity contribution in [1.29, 1.82) is 0 Å². The van der Waals surface area contributed by atoms with Crippen molar-refractivity contribution >= 4 is 28.4 Å². The van der Waals surface area contributed by atoms with Crippen molar-refractivity contribution < 1.29 is 4.11 Å². The van der Waals surface area contributed by atoms with Crippen molar-refractivity contribution in [3.63, 3.8) is 0 Å². The molecule has 6 nitrogen and oxygen atoms in total. The van der Waals surface area contributed by atoms with Crippen LogP contribution in [0.3, 0.4) is 0 Å². The van der Waals surface area contributed by atoms with E-state index in [0.717, 1.165) is 39.4 Å². The van der Waals surface area contributed by atoms with E-state index in [2.05, 4.69) is 39.7 Å². The second kappa shape index (κ2) is 5.32. The van der Waals surface area contributed by atoms with Gasteiger partial charge in [0.2, 0.25) is 0 Å². The number of aryl methyl sites for hydroxylation is 1. The van der Waals surface area contributed by atoms with Crippen LogP contribution >= 0.6 is 0 Å². The molecule has 0 fully saturated rings. The molecule has 0 radical (unpaired) electrons. The van der Waals surface area contributed by atoms with Crippen molar-refractivity contribution in [3.8, 4) is 5.69 Å². The van der Waals surface area contributed by atoms with Gasteiger partial charge < -0.3 is 9.80 Å². The average molecular weight is 371 g/mol. The van der Waals surface area contributed by atoms with E-state index in [4.69, 9.17) is 9.10 Å². The molecule has 0 N–H and O–H groups in total. The highest BCUT2D eigenvalue weighted by molar-refractivity contribution is 5.86. The molecule has 1 atom stereocenters. The third-order valence-electron chi connectivity index (χ3n) is 5.77. The van der Waals surface area contributed by atoms with Crippen LogP contribution in [0.5, 0.6) is 0 Å². The Labute approximate surface area is 167 Å². The number of benzene rings is 2. The van der Waals surface area contributed by atoms with Gasteiger partial charge in [0, 0.05) is 35.5 Å². The number of nitrogens with zero attached hydrogens (tertiary/aromatic N) is 6. The molecular weight excluding hydrogens is 348 g/mol. The van der Waals surface area contributed by atoms with Gasteiger partial charge in [-0.1, -0.05) is 18.2 Å². The van der Waals surface area contributed by atoms with Crippen LogP contribution in [0.25, 0.3) is 16.7 Å². The van der Waals surface area contributed by atoms with E-state index < -0.39 is 13.1 Å². The number of para-hydroxylation sites is 2. The Morgan fingerprint density at radius 1 is 1.07 bits per heavy atom. The van der Waals surface area contributed by atoms with E-state index in [1.165, 1.54) is 11.1 Å². The second-order valence-corrected chi connectivity index (χ2v) is 7.33. The molecule has 2 aromatic carbocycles. The Balaban J connectivity index is 1.58. The molecule has 0 aliphatic carbocycles. The van der Waals surface area contributed by atoms with Gasteiger partial charge in [0.05, 0.1) is 22.4 Å². The Morgan fingerprint density at radius 2 is 1.89 bits per heavy atom. The molecule has 0 saturated heterocycles. The summed E-state index contributed by atoms with van der Waals surface area (Å²) < 4.78 is 26.4. The first kappa shape index (κ1) is 12.9. The lowest BCUT2D eigenvalue weighted by molar-refractivity contribution is 0.724. The normalized spacial score (nSPS) is 19.2. The fraction of sp³-hybridized carbons (Fsp3) is 0.227. The van der Waals surface area contributed by atoms with Gasteiger partial charge >= 0.3 is 0 Å². The van der Waals surface area contributed by atoms with E-state index in [9.17, 15) is 0 Å². The highest BCUT2D eigenvalue weighted by Crippen LogP contribution is 2.46. The van der Waals surface area contributed by atoms with Crippen molar-refractivity contribution in [2.24, 2.45) is 0 Å². The van der Waals surface area contributed by atoms with Crippen molar-refractivity contribution in [2.75, 3.05) is 16.8 Å². The molecule has 28 heavy (non-hydrogen) atoms. The van der Waals surface area contributed by atoms with Gasteiger partial charge in [-0.05, 0) is 37.6 Å². The molecule has 0 unspecified atom stereocenters. The first-order chi connectivity index (χ1) is 14.9. The molecule has 2 aliphatic rings. The molecule has 0 amide bonds. The van der Waals surface area contributed by atoms with E-state index >= 15 is 0 Å². The Kier molecular flexibility index (Phi) is 2.45. The number of anilines is 3. The molecule has 0 bridgehead atoms. The summed E-state index contributed by atoms with van der Waals surface area (Å²) in [6.07, 6.45) is 3.36. The van der Waals surface area contributed by atoms with Crippen molar-refractivity contribution in [1.82, 2.24) is 19.5 Å². The zero-order chi connectivity index (χ0) is 21.5. The van der Waals surface area contributed by atoms with Crippen LogP contribution in [-0.4, -0.2) is 32.7 Å². The van der Waals surface area contributed by atoms with Crippen molar-refractivity contribution in [2.45, 2.75) is 26.4 Å². The molecule has 6 rings (SSSR count). The fourth-order valence-electron chi connectivity index (χ4n) is 4.51. The number of hydrogen-bond acceptors (Lipinski definition) is 5. The standard InChI is InChI=1S/C22H20N6/c1-13-8-9-17-15(12-19-25-16-6-4-5-7-18(16)28(17)19)20(13)27-14(2)26(3)21-22(27)24-11-10-23-21/h4-11,14H,12H2,1-3H3/t14-/m0/s1/i3D3. The topological polar surface area (TPSA) is 50.1 Å². The Hall–Kier alpha value is -3.41. The van der Waals surface area contributed by atoms with E-state index in [0.29, 0.717) is 18.1 Å². The average Bonchev–Trinajstić information content (AvgIpc) is 3.35. The summed E-state index contributed by atoms with van der Waals surface area (Å²) in [6, 6.07) is 12.3. The van der Waals surface area contributed by atoms with Gasteiger partial charge in [-0.2, -0.15) is 0 Å². The van der Waals surface area contributed by atoms with Crippen LogP contribution in [0.15, 0.2) is 48.8 Å². The first-order valence-corrected chi connectivity index (χ1v) is 9.35. The molecule has 6 heteroatoms. The summed E-state index contributed by atoms with van der Waals surface area (Å²) in [5, 5.41) is 0. The minimum atomic E-state index is -2.33. The quantitative estimate of drug-likeness (QED) is 0.446. The Bertz CT molecular complexity index is 1360. The summed E-state index contributed by atoms with van der Waals surface area (Å²) in [5.74, 6) is 1.94. The van der Waals surface area contributed by atoms with E-state index in [1.54, 1.807) is 6.20 Å². The SMILES string of the molecule is [2H]C([2H])([2H])N1c2nccnc2N(c2c(C)ccc3c2Cc2nc4ccccc4n2-3)[C@H]1C. The van der Waals surface area contributed by atoms with Gasteiger partial charge in [-0.3, -0.25) is 4.57 Å². The molecule has 0 saturated carbocycles. The highest BCUT2D eigenvalue weighted by atomic mass is 15.5. The minimum Gasteiger partial charge on any atom is -0.336 e. The molecule has 4 aromatic rings.